The van der Waals surface area contributed by atoms with Crippen LogP contribution in [0.25, 0.3) is 6.08 Å². The van der Waals surface area contributed by atoms with E-state index in [1.807, 2.05) is 24.3 Å². The van der Waals surface area contributed by atoms with Crippen LogP contribution in [0.1, 0.15) is 26.3 Å². The number of ether oxygens (including phenoxy) is 1. The van der Waals surface area contributed by atoms with Gasteiger partial charge in [-0.25, -0.2) is 0 Å². The summed E-state index contributed by atoms with van der Waals surface area (Å²) in [7, 11) is 0. The van der Waals surface area contributed by atoms with Gasteiger partial charge in [0.1, 0.15) is 0 Å². The van der Waals surface area contributed by atoms with Crippen LogP contribution in [0, 0.1) is 0 Å². The molecule has 0 bridgehead atoms. The van der Waals surface area contributed by atoms with Crippen LogP contribution >= 0.6 is 0 Å². The zero-order valence-electron chi connectivity index (χ0n) is 13.2. The van der Waals surface area contributed by atoms with E-state index in [0.29, 0.717) is 11.1 Å². The lowest BCUT2D eigenvalue weighted by atomic mass is 10.1. The van der Waals surface area contributed by atoms with Crippen molar-refractivity contribution in [2.24, 2.45) is 0 Å². The fourth-order valence-electron chi connectivity index (χ4n) is 3.17. The van der Waals surface area contributed by atoms with Gasteiger partial charge in [0.25, 0.3) is 0 Å². The summed E-state index contributed by atoms with van der Waals surface area (Å²) in [5.74, 6) is -0.374. The van der Waals surface area contributed by atoms with Gasteiger partial charge in [-0.15, -0.1) is 0 Å². The summed E-state index contributed by atoms with van der Waals surface area (Å²) in [6.07, 6.45) is 1.69. The Morgan fingerprint density at radius 1 is 0.833 bits per heavy atom. The molecule has 0 atom stereocenters. The first-order valence-electron chi connectivity index (χ1n) is 8.07. The van der Waals surface area contributed by atoms with Gasteiger partial charge in [-0.1, -0.05) is 36.4 Å². The molecule has 4 rings (SSSR count). The predicted octanol–water partition coefficient (Wildman–Crippen LogP) is 2.99. The number of hydrogen-bond donors (Lipinski definition) is 0. The maximum atomic E-state index is 12.4. The number of fused-ring (bicyclic) bond motifs is 1. The molecule has 0 N–H and O–H groups in total. The topological polar surface area (TPSA) is 46.6 Å². The Kier molecular flexibility index (Phi) is 3.75. The second-order valence-corrected chi connectivity index (χ2v) is 5.95. The van der Waals surface area contributed by atoms with Gasteiger partial charge in [0.2, 0.25) is 0 Å². The molecule has 4 nitrogen and oxygen atoms in total. The molecule has 0 radical (unpaired) electrons. The van der Waals surface area contributed by atoms with E-state index < -0.39 is 0 Å². The van der Waals surface area contributed by atoms with E-state index in [2.05, 4.69) is 4.90 Å². The molecule has 2 aromatic rings. The van der Waals surface area contributed by atoms with Crippen LogP contribution in [-0.4, -0.2) is 37.9 Å². The molecule has 2 aromatic carbocycles. The maximum Gasteiger partial charge on any atom is 0.197 e. The number of carbonyl (C=O) groups is 2. The summed E-state index contributed by atoms with van der Waals surface area (Å²) in [5, 5.41) is 0. The largest absolute Gasteiger partial charge is 0.378 e. The second-order valence-electron chi connectivity index (χ2n) is 5.95. The third-order valence-electron chi connectivity index (χ3n) is 4.49. The smallest absolute Gasteiger partial charge is 0.197 e. The first-order chi connectivity index (χ1) is 11.7. The molecule has 120 valence electrons. The van der Waals surface area contributed by atoms with Crippen LogP contribution in [0.4, 0.5) is 5.69 Å². The molecule has 0 saturated carbocycles. The number of ketones is 2. The van der Waals surface area contributed by atoms with E-state index in [4.69, 9.17) is 4.74 Å². The van der Waals surface area contributed by atoms with E-state index in [0.717, 1.165) is 37.6 Å². The lowest BCUT2D eigenvalue weighted by Gasteiger charge is -2.28. The molecule has 2 aliphatic rings. The van der Waals surface area contributed by atoms with Gasteiger partial charge in [-0.05, 0) is 23.8 Å². The highest BCUT2D eigenvalue weighted by Gasteiger charge is 2.32. The van der Waals surface area contributed by atoms with Crippen molar-refractivity contribution in [1.82, 2.24) is 0 Å². The lowest BCUT2D eigenvalue weighted by molar-refractivity contribution is 0.0990. The number of carbonyl (C=O) groups excluding carboxylic acids is 2. The van der Waals surface area contributed by atoms with Gasteiger partial charge < -0.3 is 9.64 Å². The Hall–Kier alpha value is -2.72. The normalized spacial score (nSPS) is 17.2. The number of morpholine rings is 1. The van der Waals surface area contributed by atoms with Crippen LogP contribution in [-0.2, 0) is 4.74 Å². The Bertz CT molecular complexity index is 793. The summed E-state index contributed by atoms with van der Waals surface area (Å²) in [4.78, 5) is 27.1. The molecule has 0 aromatic heterocycles. The van der Waals surface area contributed by atoms with Crippen LogP contribution in [0.5, 0.6) is 0 Å². The zero-order chi connectivity index (χ0) is 16.5. The van der Waals surface area contributed by atoms with Crippen molar-refractivity contribution in [3.8, 4) is 0 Å². The summed E-state index contributed by atoms with van der Waals surface area (Å²) in [6.45, 7) is 3.25. The molecular formula is C20H17NO3. The van der Waals surface area contributed by atoms with Gasteiger partial charge in [-0.3, -0.25) is 9.59 Å². The van der Waals surface area contributed by atoms with Crippen LogP contribution in [0.15, 0.2) is 54.1 Å². The molecule has 4 heteroatoms. The third kappa shape index (κ3) is 2.55. The average molecular weight is 319 g/mol. The Morgan fingerprint density at radius 2 is 1.42 bits per heavy atom. The van der Waals surface area contributed by atoms with Crippen molar-refractivity contribution in [3.05, 3.63) is 70.8 Å². The number of rotatable bonds is 2. The summed E-state index contributed by atoms with van der Waals surface area (Å²) < 4.78 is 5.36. The molecule has 1 saturated heterocycles. The maximum absolute atomic E-state index is 12.4. The van der Waals surface area contributed by atoms with Gasteiger partial charge in [0.05, 0.1) is 18.8 Å². The van der Waals surface area contributed by atoms with E-state index in [-0.39, 0.29) is 17.1 Å². The molecule has 0 spiro atoms. The second kappa shape index (κ2) is 6.06. The minimum atomic E-state index is -0.187. The Morgan fingerprint density at radius 3 is 2.00 bits per heavy atom. The van der Waals surface area contributed by atoms with Crippen LogP contribution in [0.3, 0.4) is 0 Å². The van der Waals surface area contributed by atoms with Crippen molar-refractivity contribution in [3.63, 3.8) is 0 Å². The minimum absolute atomic E-state index is 0.187. The molecule has 0 unspecified atom stereocenters. The fourth-order valence-corrected chi connectivity index (χ4v) is 3.17. The van der Waals surface area contributed by atoms with Gasteiger partial charge in [0.15, 0.2) is 11.6 Å². The van der Waals surface area contributed by atoms with Crippen molar-refractivity contribution >= 4 is 23.3 Å². The Labute approximate surface area is 140 Å². The van der Waals surface area contributed by atoms with Gasteiger partial charge in [-0.2, -0.15) is 0 Å². The predicted molar refractivity (Wildman–Crippen MR) is 92.6 cm³/mol. The van der Waals surface area contributed by atoms with Crippen LogP contribution in [0.2, 0.25) is 0 Å². The first kappa shape index (κ1) is 14.8. The Balaban J connectivity index is 1.60. The number of hydrogen-bond acceptors (Lipinski definition) is 4. The summed E-state index contributed by atoms with van der Waals surface area (Å²) in [5.41, 5.74) is 3.23. The molecule has 0 amide bonds. The number of Topliss-reactive ketones (excluding diaryl/α,β-unsaturated/α-hetero) is 2. The number of nitrogens with zero attached hydrogens (tertiary/aromatic N) is 1. The molecule has 24 heavy (non-hydrogen) atoms. The quantitative estimate of drug-likeness (QED) is 0.631. The first-order valence-corrected chi connectivity index (χ1v) is 8.07. The third-order valence-corrected chi connectivity index (χ3v) is 4.49. The average Bonchev–Trinajstić information content (AvgIpc) is 2.88. The number of anilines is 1. The highest BCUT2D eigenvalue weighted by Crippen LogP contribution is 2.28. The van der Waals surface area contributed by atoms with Crippen LogP contribution < -0.4 is 4.90 Å². The van der Waals surface area contributed by atoms with Gasteiger partial charge in [0, 0.05) is 29.9 Å². The highest BCUT2D eigenvalue weighted by molar-refractivity contribution is 6.41. The fraction of sp³-hybridized carbons (Fsp3) is 0.200. The van der Waals surface area contributed by atoms with E-state index in [9.17, 15) is 9.59 Å². The van der Waals surface area contributed by atoms with Crippen molar-refractivity contribution in [2.45, 2.75) is 0 Å². The summed E-state index contributed by atoms with van der Waals surface area (Å²) >= 11 is 0. The van der Waals surface area contributed by atoms with Crippen molar-refractivity contribution in [2.75, 3.05) is 31.2 Å². The molecular weight excluding hydrogens is 302 g/mol. The number of benzene rings is 2. The molecule has 1 aliphatic heterocycles. The lowest BCUT2D eigenvalue weighted by Crippen LogP contribution is -2.36. The highest BCUT2D eigenvalue weighted by atomic mass is 16.5. The minimum Gasteiger partial charge on any atom is -0.378 e. The van der Waals surface area contributed by atoms with Crippen molar-refractivity contribution < 1.29 is 14.3 Å². The summed E-state index contributed by atoms with van der Waals surface area (Å²) in [6, 6.07) is 14.9. The molecule has 1 fully saturated rings. The van der Waals surface area contributed by atoms with E-state index >= 15 is 0 Å². The van der Waals surface area contributed by atoms with Crippen molar-refractivity contribution in [1.29, 1.82) is 0 Å². The number of allylic oxidation sites excluding steroid dienone is 1. The standard InChI is InChI=1S/C20H17NO3/c22-19-16-3-1-2-4-17(16)20(23)18(19)13-14-5-7-15(8-6-14)21-9-11-24-12-10-21/h1-8,13H,9-12H2. The van der Waals surface area contributed by atoms with E-state index in [1.54, 1.807) is 30.3 Å². The van der Waals surface area contributed by atoms with E-state index in [1.165, 1.54) is 0 Å². The van der Waals surface area contributed by atoms with Gasteiger partial charge >= 0.3 is 0 Å². The SMILES string of the molecule is O=C1C(=Cc2ccc(N3CCOCC3)cc2)C(=O)c2ccccc21. The molecule has 1 aliphatic carbocycles. The zero-order valence-corrected chi connectivity index (χ0v) is 13.2. The monoisotopic (exact) mass is 319 g/mol. The molecule has 1 heterocycles.